The highest BCUT2D eigenvalue weighted by Crippen LogP contribution is 2.41. The van der Waals surface area contributed by atoms with Crippen LogP contribution in [-0.4, -0.2) is 36.8 Å². The Morgan fingerprint density at radius 3 is 2.53 bits per heavy atom. The molecule has 0 bridgehead atoms. The number of hydrogen-bond acceptors (Lipinski definition) is 7. The summed E-state index contributed by atoms with van der Waals surface area (Å²) in [6.07, 6.45) is 0.742. The molecule has 2 aromatic heterocycles. The van der Waals surface area contributed by atoms with Crippen LogP contribution in [0.4, 0.5) is 10.1 Å². The van der Waals surface area contributed by atoms with Crippen LogP contribution >= 0.6 is 11.3 Å². The molecule has 0 aliphatic rings. The summed E-state index contributed by atoms with van der Waals surface area (Å²) in [5.74, 6) is -1.51. The molecule has 4 aromatic rings. The van der Waals surface area contributed by atoms with Crippen molar-refractivity contribution in [3.8, 4) is 17.1 Å². The van der Waals surface area contributed by atoms with Crippen molar-refractivity contribution in [3.05, 3.63) is 64.4 Å². The number of carbonyl (C=O) groups is 1. The van der Waals surface area contributed by atoms with Crippen molar-refractivity contribution in [2.75, 3.05) is 10.6 Å². The van der Waals surface area contributed by atoms with Crippen LogP contribution in [0.3, 0.4) is 0 Å². The van der Waals surface area contributed by atoms with Gasteiger partial charge in [-0.1, -0.05) is 0 Å². The minimum atomic E-state index is -3.78. The number of fused-ring (bicyclic) bond motifs is 1. The number of hydrogen-bond donors (Lipinski definition) is 1. The van der Waals surface area contributed by atoms with Crippen molar-refractivity contribution in [2.45, 2.75) is 26.5 Å². The first-order valence-corrected chi connectivity index (χ1v) is 12.9. The van der Waals surface area contributed by atoms with E-state index in [1.165, 1.54) is 47.7 Å². The molecule has 0 fully saturated rings. The minimum Gasteiger partial charge on any atom is -0.489 e. The number of carboxylic acids is 1. The molecular weight excluding hydrogens is 483 g/mol. The van der Waals surface area contributed by atoms with Crippen LogP contribution < -0.4 is 9.04 Å². The number of aromatic nitrogens is 1. The number of rotatable bonds is 8. The van der Waals surface area contributed by atoms with Crippen LogP contribution in [0.2, 0.25) is 0 Å². The number of halogens is 1. The molecule has 178 valence electrons. The molecule has 0 saturated heterocycles. The molecule has 2 heterocycles. The van der Waals surface area contributed by atoms with E-state index in [9.17, 15) is 22.7 Å². The average molecular weight is 505 g/mol. The van der Waals surface area contributed by atoms with Gasteiger partial charge in [-0.05, 0) is 44.2 Å². The van der Waals surface area contributed by atoms with E-state index in [2.05, 4.69) is 4.98 Å². The van der Waals surface area contributed by atoms with Gasteiger partial charge in [-0.2, -0.15) is 0 Å². The zero-order valence-corrected chi connectivity index (χ0v) is 20.1. The second kappa shape index (κ2) is 9.07. The van der Waals surface area contributed by atoms with Crippen LogP contribution in [0.15, 0.2) is 51.7 Å². The fourth-order valence-electron chi connectivity index (χ4n) is 3.52. The van der Waals surface area contributed by atoms with Gasteiger partial charge in [0.2, 0.25) is 10.0 Å². The van der Waals surface area contributed by atoms with Crippen molar-refractivity contribution in [1.82, 2.24) is 4.98 Å². The molecule has 8 nitrogen and oxygen atoms in total. The number of furan rings is 1. The van der Waals surface area contributed by atoms with Crippen molar-refractivity contribution < 1.29 is 31.9 Å². The highest BCUT2D eigenvalue weighted by atomic mass is 32.2. The van der Waals surface area contributed by atoms with Gasteiger partial charge in [0.05, 0.1) is 35.8 Å². The Morgan fingerprint density at radius 2 is 1.97 bits per heavy atom. The van der Waals surface area contributed by atoms with E-state index < -0.39 is 21.8 Å². The number of aromatic carboxylic acids is 1. The first-order valence-electron chi connectivity index (χ1n) is 10.2. The molecule has 34 heavy (non-hydrogen) atoms. The maximum Gasteiger partial charge on any atom is 0.340 e. The zero-order chi connectivity index (χ0) is 24.6. The summed E-state index contributed by atoms with van der Waals surface area (Å²) in [4.78, 5) is 16.3. The third-order valence-electron chi connectivity index (χ3n) is 4.91. The van der Waals surface area contributed by atoms with Crippen LogP contribution in [0.25, 0.3) is 22.3 Å². The number of benzene rings is 2. The maximum atomic E-state index is 13.4. The molecule has 0 radical (unpaired) electrons. The summed E-state index contributed by atoms with van der Waals surface area (Å²) in [6, 6.07) is 8.13. The smallest absolute Gasteiger partial charge is 0.340 e. The summed E-state index contributed by atoms with van der Waals surface area (Å²) < 4.78 is 51.9. The normalized spacial score (nSPS) is 11.8. The van der Waals surface area contributed by atoms with E-state index in [0.29, 0.717) is 11.3 Å². The van der Waals surface area contributed by atoms with Gasteiger partial charge in [0.1, 0.15) is 28.5 Å². The molecule has 0 aliphatic heterocycles. The summed E-state index contributed by atoms with van der Waals surface area (Å²) in [5, 5.41) is 11.9. The van der Waals surface area contributed by atoms with Crippen LogP contribution in [0.5, 0.6) is 5.75 Å². The summed E-state index contributed by atoms with van der Waals surface area (Å²) in [7, 11) is -3.78. The quantitative estimate of drug-likeness (QED) is 0.353. The van der Waals surface area contributed by atoms with Gasteiger partial charge >= 0.3 is 5.97 Å². The average Bonchev–Trinajstić information content (AvgIpc) is 3.38. The van der Waals surface area contributed by atoms with Crippen LogP contribution in [-0.2, 0) is 16.6 Å². The topological polar surface area (TPSA) is 110 Å². The van der Waals surface area contributed by atoms with E-state index in [1.807, 2.05) is 0 Å². The van der Waals surface area contributed by atoms with Crippen LogP contribution in [0.1, 0.15) is 29.9 Å². The Hall–Kier alpha value is -3.44. The lowest BCUT2D eigenvalue weighted by Crippen LogP contribution is -2.30. The van der Waals surface area contributed by atoms with E-state index >= 15 is 0 Å². The van der Waals surface area contributed by atoms with Crippen molar-refractivity contribution in [2.24, 2.45) is 0 Å². The minimum absolute atomic E-state index is 0.0283. The van der Waals surface area contributed by atoms with Crippen molar-refractivity contribution in [3.63, 3.8) is 0 Å². The lowest BCUT2D eigenvalue weighted by atomic mass is 10.0. The number of thiazole rings is 1. The Kier molecular flexibility index (Phi) is 6.32. The predicted octanol–water partition coefficient (Wildman–Crippen LogP) is 5.15. The molecule has 4 rings (SSSR count). The first kappa shape index (κ1) is 23.7. The van der Waals surface area contributed by atoms with Gasteiger partial charge in [-0.3, -0.25) is 4.31 Å². The predicted molar refractivity (Wildman–Crippen MR) is 127 cm³/mol. The zero-order valence-electron chi connectivity index (χ0n) is 18.5. The lowest BCUT2D eigenvalue weighted by Gasteiger charge is -2.25. The molecule has 0 atom stereocenters. The molecular formula is C23H21FN2O6S2. The third kappa shape index (κ3) is 4.75. The Balaban J connectivity index is 1.97. The molecule has 0 unspecified atom stereocenters. The molecule has 11 heteroatoms. The fourth-order valence-corrected chi connectivity index (χ4v) is 4.93. The number of anilines is 1. The lowest BCUT2D eigenvalue weighted by molar-refractivity contribution is 0.0699. The molecule has 2 aromatic carbocycles. The fraction of sp³-hybridized carbons (Fsp3) is 0.217. The number of sulfonamides is 1. The second-order valence-corrected chi connectivity index (χ2v) is 10.5. The summed E-state index contributed by atoms with van der Waals surface area (Å²) >= 11 is 1.34. The standard InChI is InChI=1S/C23H21FN2O6S2/c1-13(2)31-20-8-17-19(9-18(20)26(34(3,29)30)10-16-11-33-12-25-16)32-22(21(17)23(27)28)14-4-6-15(24)7-5-14/h4-9,11-13H,10H2,1-3H3,(H,27,28). The van der Waals surface area contributed by atoms with E-state index in [4.69, 9.17) is 9.15 Å². The van der Waals surface area contributed by atoms with E-state index in [0.717, 1.165) is 10.6 Å². The monoisotopic (exact) mass is 504 g/mol. The first-order chi connectivity index (χ1) is 16.0. The molecule has 0 saturated carbocycles. The summed E-state index contributed by atoms with van der Waals surface area (Å²) in [6.45, 7) is 3.51. The Labute approximate surface area is 199 Å². The highest BCUT2D eigenvalue weighted by molar-refractivity contribution is 7.92. The van der Waals surface area contributed by atoms with Crippen molar-refractivity contribution in [1.29, 1.82) is 0 Å². The van der Waals surface area contributed by atoms with Gasteiger partial charge in [-0.15, -0.1) is 11.3 Å². The third-order valence-corrected chi connectivity index (χ3v) is 6.67. The molecule has 0 amide bonds. The SMILES string of the molecule is CC(C)Oc1cc2c(C(=O)O)c(-c3ccc(F)cc3)oc2cc1N(Cc1cscn1)S(C)(=O)=O. The number of carboxylic acid groups (broad SMARTS) is 1. The molecule has 1 N–H and O–H groups in total. The highest BCUT2D eigenvalue weighted by Gasteiger charge is 2.28. The van der Waals surface area contributed by atoms with Gasteiger partial charge in [0.15, 0.2) is 0 Å². The second-order valence-electron chi connectivity index (χ2n) is 7.85. The summed E-state index contributed by atoms with van der Waals surface area (Å²) in [5.41, 5.74) is 2.72. The van der Waals surface area contributed by atoms with E-state index in [-0.39, 0.29) is 46.4 Å². The number of ether oxygens (including phenoxy) is 1. The molecule has 0 spiro atoms. The van der Waals surface area contributed by atoms with Gasteiger partial charge in [0, 0.05) is 22.4 Å². The maximum absolute atomic E-state index is 13.4. The van der Waals surface area contributed by atoms with Gasteiger partial charge in [-0.25, -0.2) is 22.6 Å². The van der Waals surface area contributed by atoms with Gasteiger partial charge in [0.25, 0.3) is 0 Å². The van der Waals surface area contributed by atoms with Crippen LogP contribution in [0, 0.1) is 5.82 Å². The largest absolute Gasteiger partial charge is 0.489 e. The van der Waals surface area contributed by atoms with E-state index in [1.54, 1.807) is 24.7 Å². The van der Waals surface area contributed by atoms with Crippen molar-refractivity contribution >= 4 is 44.0 Å². The Bertz CT molecular complexity index is 1450. The molecule has 0 aliphatic carbocycles. The van der Waals surface area contributed by atoms with Gasteiger partial charge < -0.3 is 14.3 Å². The number of nitrogens with zero attached hydrogens (tertiary/aromatic N) is 2. The Morgan fingerprint density at radius 1 is 1.26 bits per heavy atom.